The summed E-state index contributed by atoms with van der Waals surface area (Å²) < 4.78 is 43.4. The minimum atomic E-state index is -3.51. The largest absolute Gasteiger partial charge is 0.380 e. The molecule has 1 aromatic carbocycles. The standard InChI is InChI=1S/C17H22FN3O3S/c1-11(2)15-14(10-24-4)16(12-6-8-13(18)9-7-12)20-17(19-15)21(3)25(5,22)23/h6-9,11H,10H2,1-5H3. The zero-order chi connectivity index (χ0) is 18.8. The summed E-state index contributed by atoms with van der Waals surface area (Å²) in [5.74, 6) is -0.256. The molecular formula is C17H22FN3O3S. The fraction of sp³-hybridized carbons (Fsp3) is 0.412. The maximum Gasteiger partial charge on any atom is 0.239 e. The number of ether oxygens (including phenoxy) is 1. The highest BCUT2D eigenvalue weighted by Crippen LogP contribution is 2.30. The molecule has 1 heterocycles. The molecule has 0 aliphatic rings. The molecule has 0 bridgehead atoms. The van der Waals surface area contributed by atoms with Gasteiger partial charge in [-0.05, 0) is 30.2 Å². The van der Waals surface area contributed by atoms with Gasteiger partial charge < -0.3 is 4.74 Å². The van der Waals surface area contributed by atoms with Crippen molar-refractivity contribution in [3.63, 3.8) is 0 Å². The number of rotatable bonds is 6. The average molecular weight is 367 g/mol. The summed E-state index contributed by atoms with van der Waals surface area (Å²) in [5.41, 5.74) is 2.66. The molecule has 2 rings (SSSR count). The third-order valence-corrected chi connectivity index (χ3v) is 4.92. The van der Waals surface area contributed by atoms with Crippen molar-refractivity contribution < 1.29 is 17.5 Å². The molecule has 0 unspecified atom stereocenters. The Morgan fingerprint density at radius 1 is 1.20 bits per heavy atom. The van der Waals surface area contributed by atoms with Crippen LogP contribution in [-0.2, 0) is 21.4 Å². The van der Waals surface area contributed by atoms with Crippen LogP contribution in [0, 0.1) is 5.82 Å². The van der Waals surface area contributed by atoms with E-state index >= 15 is 0 Å². The van der Waals surface area contributed by atoms with Crippen molar-refractivity contribution in [3.8, 4) is 11.3 Å². The smallest absolute Gasteiger partial charge is 0.239 e. The first kappa shape index (κ1) is 19.3. The molecule has 1 aromatic heterocycles. The van der Waals surface area contributed by atoms with Gasteiger partial charge in [0.05, 0.1) is 24.3 Å². The average Bonchev–Trinajstić information content (AvgIpc) is 2.54. The maximum atomic E-state index is 13.3. The van der Waals surface area contributed by atoms with Gasteiger partial charge in [-0.15, -0.1) is 0 Å². The lowest BCUT2D eigenvalue weighted by Crippen LogP contribution is -2.28. The number of hydrogen-bond acceptors (Lipinski definition) is 5. The van der Waals surface area contributed by atoms with Crippen LogP contribution >= 0.6 is 0 Å². The number of halogens is 1. The van der Waals surface area contributed by atoms with E-state index in [2.05, 4.69) is 9.97 Å². The quantitative estimate of drug-likeness (QED) is 0.785. The Kier molecular flexibility index (Phi) is 5.74. The lowest BCUT2D eigenvalue weighted by Gasteiger charge is -2.21. The summed E-state index contributed by atoms with van der Waals surface area (Å²) in [6.45, 7) is 4.18. The predicted molar refractivity (Wildman–Crippen MR) is 95.5 cm³/mol. The van der Waals surface area contributed by atoms with Crippen LogP contribution in [0.5, 0.6) is 0 Å². The lowest BCUT2D eigenvalue weighted by atomic mass is 9.99. The monoisotopic (exact) mass is 367 g/mol. The lowest BCUT2D eigenvalue weighted by molar-refractivity contribution is 0.183. The Bertz CT molecular complexity index is 852. The van der Waals surface area contributed by atoms with Gasteiger partial charge in [0.1, 0.15) is 5.82 Å². The third-order valence-electron chi connectivity index (χ3n) is 3.76. The van der Waals surface area contributed by atoms with Crippen molar-refractivity contribution in [2.45, 2.75) is 26.4 Å². The molecule has 2 aromatic rings. The molecule has 0 amide bonds. The van der Waals surface area contributed by atoms with Crippen LogP contribution in [-0.4, -0.2) is 38.8 Å². The summed E-state index contributed by atoms with van der Waals surface area (Å²) in [6.07, 6.45) is 1.09. The first-order chi connectivity index (χ1) is 11.6. The first-order valence-electron chi connectivity index (χ1n) is 7.74. The molecule has 0 spiro atoms. The Hall–Kier alpha value is -2.06. The number of methoxy groups -OCH3 is 1. The van der Waals surface area contributed by atoms with Crippen molar-refractivity contribution in [1.82, 2.24) is 9.97 Å². The molecule has 0 radical (unpaired) electrons. The Balaban J connectivity index is 2.76. The van der Waals surface area contributed by atoms with Gasteiger partial charge >= 0.3 is 0 Å². The zero-order valence-corrected chi connectivity index (χ0v) is 15.8. The van der Waals surface area contributed by atoms with Gasteiger partial charge in [-0.1, -0.05) is 13.8 Å². The molecule has 0 aliphatic carbocycles. The first-order valence-corrected chi connectivity index (χ1v) is 9.59. The maximum absolute atomic E-state index is 13.3. The highest BCUT2D eigenvalue weighted by atomic mass is 32.2. The second kappa shape index (κ2) is 7.45. The number of aromatic nitrogens is 2. The van der Waals surface area contributed by atoms with E-state index in [4.69, 9.17) is 4.74 Å². The molecule has 0 N–H and O–H groups in total. The zero-order valence-electron chi connectivity index (χ0n) is 14.9. The van der Waals surface area contributed by atoms with E-state index in [-0.39, 0.29) is 24.3 Å². The minimum absolute atomic E-state index is 0.0269. The molecule has 0 fully saturated rings. The van der Waals surface area contributed by atoms with Crippen LogP contribution < -0.4 is 4.31 Å². The molecular weight excluding hydrogens is 345 g/mol. The van der Waals surface area contributed by atoms with Gasteiger partial charge in [-0.2, -0.15) is 0 Å². The van der Waals surface area contributed by atoms with Gasteiger partial charge in [-0.25, -0.2) is 27.1 Å². The highest BCUT2D eigenvalue weighted by Gasteiger charge is 2.22. The topological polar surface area (TPSA) is 72.4 Å². The van der Waals surface area contributed by atoms with Gasteiger partial charge in [0.25, 0.3) is 0 Å². The third kappa shape index (κ3) is 4.32. The molecule has 0 saturated heterocycles. The van der Waals surface area contributed by atoms with E-state index in [0.29, 0.717) is 17.0 Å². The summed E-state index contributed by atoms with van der Waals surface area (Å²) in [6, 6.07) is 5.88. The van der Waals surface area contributed by atoms with Gasteiger partial charge in [0, 0.05) is 25.3 Å². The molecule has 25 heavy (non-hydrogen) atoms. The van der Waals surface area contributed by atoms with Crippen LogP contribution in [0.3, 0.4) is 0 Å². The van der Waals surface area contributed by atoms with E-state index in [1.807, 2.05) is 13.8 Å². The molecule has 0 saturated carbocycles. The summed E-state index contributed by atoms with van der Waals surface area (Å²) >= 11 is 0. The number of anilines is 1. The summed E-state index contributed by atoms with van der Waals surface area (Å²) in [7, 11) is -0.545. The molecule has 0 atom stereocenters. The van der Waals surface area contributed by atoms with E-state index in [9.17, 15) is 12.8 Å². The van der Waals surface area contributed by atoms with Gasteiger partial charge in [-0.3, -0.25) is 0 Å². The van der Waals surface area contributed by atoms with Crippen LogP contribution in [0.25, 0.3) is 11.3 Å². The Labute approximate surface area is 147 Å². The summed E-state index contributed by atoms with van der Waals surface area (Å²) in [5, 5.41) is 0. The normalized spacial score (nSPS) is 11.8. The predicted octanol–water partition coefficient (Wildman–Crippen LogP) is 2.95. The number of sulfonamides is 1. The van der Waals surface area contributed by atoms with Crippen molar-refractivity contribution in [3.05, 3.63) is 41.3 Å². The van der Waals surface area contributed by atoms with Crippen molar-refractivity contribution >= 4 is 16.0 Å². The van der Waals surface area contributed by atoms with Crippen molar-refractivity contribution in [2.24, 2.45) is 0 Å². The molecule has 0 aliphatic heterocycles. The van der Waals surface area contributed by atoms with Crippen LogP contribution in [0.1, 0.15) is 31.0 Å². The van der Waals surface area contributed by atoms with Crippen LogP contribution in [0.4, 0.5) is 10.3 Å². The second-order valence-corrected chi connectivity index (χ2v) is 8.07. The van der Waals surface area contributed by atoms with E-state index in [1.165, 1.54) is 19.2 Å². The van der Waals surface area contributed by atoms with E-state index < -0.39 is 10.0 Å². The fourth-order valence-corrected chi connectivity index (χ4v) is 2.77. The van der Waals surface area contributed by atoms with Crippen molar-refractivity contribution in [2.75, 3.05) is 24.7 Å². The molecule has 8 heteroatoms. The van der Waals surface area contributed by atoms with Crippen molar-refractivity contribution in [1.29, 1.82) is 0 Å². The molecule has 136 valence electrons. The van der Waals surface area contributed by atoms with E-state index in [1.54, 1.807) is 19.2 Å². The minimum Gasteiger partial charge on any atom is -0.380 e. The van der Waals surface area contributed by atoms with Crippen LogP contribution in [0.15, 0.2) is 24.3 Å². The SMILES string of the molecule is COCc1c(-c2ccc(F)cc2)nc(N(C)S(C)(=O)=O)nc1C(C)C. The van der Waals surface area contributed by atoms with E-state index in [0.717, 1.165) is 16.1 Å². The fourth-order valence-electron chi connectivity index (χ4n) is 2.39. The number of benzene rings is 1. The number of hydrogen-bond donors (Lipinski definition) is 0. The van der Waals surface area contributed by atoms with Gasteiger partial charge in [0.15, 0.2) is 0 Å². The van der Waals surface area contributed by atoms with Crippen LogP contribution in [0.2, 0.25) is 0 Å². The number of nitrogens with zero attached hydrogens (tertiary/aromatic N) is 3. The highest BCUT2D eigenvalue weighted by molar-refractivity contribution is 7.92. The van der Waals surface area contributed by atoms with Gasteiger partial charge in [0.2, 0.25) is 16.0 Å². The molecule has 6 nitrogen and oxygen atoms in total. The Morgan fingerprint density at radius 2 is 1.80 bits per heavy atom. The summed E-state index contributed by atoms with van der Waals surface area (Å²) in [4.78, 5) is 8.88. The second-order valence-electron chi connectivity index (χ2n) is 6.06. The Morgan fingerprint density at radius 3 is 2.28 bits per heavy atom.